The largest absolute Gasteiger partial charge is 0.350 e. The van der Waals surface area contributed by atoms with Crippen LogP contribution in [0.1, 0.15) is 39.3 Å². The van der Waals surface area contributed by atoms with Gasteiger partial charge in [0.05, 0.1) is 0 Å². The topological polar surface area (TPSA) is 45.5 Å². The molecule has 1 unspecified atom stereocenters. The van der Waals surface area contributed by atoms with Crippen molar-refractivity contribution in [2.75, 3.05) is 25.0 Å². The summed E-state index contributed by atoms with van der Waals surface area (Å²) in [5.41, 5.74) is 2.00. The molecule has 0 saturated carbocycles. The molecule has 0 aromatic carbocycles. The highest BCUT2D eigenvalue weighted by Gasteiger charge is 2.09. The van der Waals surface area contributed by atoms with Crippen LogP contribution in [0.5, 0.6) is 0 Å². The summed E-state index contributed by atoms with van der Waals surface area (Å²) in [6.45, 7) is 12.1. The lowest BCUT2D eigenvalue weighted by Gasteiger charge is -2.19. The van der Waals surface area contributed by atoms with Crippen molar-refractivity contribution in [3.05, 3.63) is 23.9 Å². The van der Waals surface area contributed by atoms with E-state index in [0.29, 0.717) is 6.04 Å². The van der Waals surface area contributed by atoms with Crippen molar-refractivity contribution < 1.29 is 0 Å². The third kappa shape index (κ3) is 4.17. The molecule has 116 valence electrons. The first-order valence-electron chi connectivity index (χ1n) is 7.95. The number of nitrogens with one attached hydrogen (secondary N) is 1. The van der Waals surface area contributed by atoms with Crippen LogP contribution in [0.25, 0.3) is 5.65 Å². The van der Waals surface area contributed by atoms with Gasteiger partial charge in [0, 0.05) is 11.7 Å². The van der Waals surface area contributed by atoms with Crippen molar-refractivity contribution in [3.8, 4) is 0 Å². The van der Waals surface area contributed by atoms with Crippen molar-refractivity contribution in [2.45, 2.75) is 46.6 Å². The molecule has 2 aromatic rings. The van der Waals surface area contributed by atoms with Crippen LogP contribution in [-0.4, -0.2) is 45.2 Å². The summed E-state index contributed by atoms with van der Waals surface area (Å²) in [4.78, 5) is 6.98. The van der Waals surface area contributed by atoms with E-state index in [0.717, 1.165) is 43.3 Å². The molecule has 0 saturated heterocycles. The first-order valence-corrected chi connectivity index (χ1v) is 7.95. The predicted molar refractivity (Wildman–Crippen MR) is 87.8 cm³/mol. The fourth-order valence-corrected chi connectivity index (χ4v) is 2.55. The summed E-state index contributed by atoms with van der Waals surface area (Å²) in [5, 5.41) is 7.92. The maximum absolute atomic E-state index is 4.52. The van der Waals surface area contributed by atoms with E-state index >= 15 is 0 Å². The fraction of sp³-hybridized carbons (Fsp3) is 0.625. The molecule has 2 rings (SSSR count). The molecule has 0 aliphatic carbocycles. The monoisotopic (exact) mass is 289 g/mol. The van der Waals surface area contributed by atoms with E-state index in [-0.39, 0.29) is 0 Å². The highest BCUT2D eigenvalue weighted by atomic mass is 15.4. The van der Waals surface area contributed by atoms with Gasteiger partial charge in [-0.15, -0.1) is 5.10 Å². The molecule has 0 aliphatic heterocycles. The van der Waals surface area contributed by atoms with Gasteiger partial charge < -0.3 is 10.2 Å². The molecule has 1 atom stereocenters. The lowest BCUT2D eigenvalue weighted by molar-refractivity contribution is 0.295. The first kappa shape index (κ1) is 15.8. The van der Waals surface area contributed by atoms with Crippen LogP contribution in [0, 0.1) is 6.92 Å². The molecule has 5 nitrogen and oxygen atoms in total. The fourth-order valence-electron chi connectivity index (χ4n) is 2.55. The molecule has 0 radical (unpaired) electrons. The maximum Gasteiger partial charge on any atom is 0.243 e. The molecule has 2 aromatic heterocycles. The number of nitrogens with zero attached hydrogens (tertiary/aromatic N) is 4. The van der Waals surface area contributed by atoms with E-state index in [2.05, 4.69) is 41.1 Å². The van der Waals surface area contributed by atoms with Gasteiger partial charge >= 0.3 is 0 Å². The predicted octanol–water partition coefficient (Wildman–Crippen LogP) is 2.96. The van der Waals surface area contributed by atoms with E-state index in [1.54, 1.807) is 0 Å². The lowest BCUT2D eigenvalue weighted by Crippen LogP contribution is -2.25. The van der Waals surface area contributed by atoms with Crippen LogP contribution in [0.15, 0.2) is 18.2 Å². The van der Waals surface area contributed by atoms with Crippen molar-refractivity contribution in [1.82, 2.24) is 19.5 Å². The SMILES string of the molecule is CCN(CC)CCCC(C)Nc1nc2cccc(C)n2n1. The summed E-state index contributed by atoms with van der Waals surface area (Å²) in [6, 6.07) is 6.42. The molecule has 21 heavy (non-hydrogen) atoms. The first-order chi connectivity index (χ1) is 10.1. The average Bonchev–Trinajstić information content (AvgIpc) is 2.87. The van der Waals surface area contributed by atoms with Gasteiger partial charge in [-0.05, 0) is 58.5 Å². The van der Waals surface area contributed by atoms with Crippen molar-refractivity contribution in [2.24, 2.45) is 0 Å². The van der Waals surface area contributed by atoms with Gasteiger partial charge in [-0.1, -0.05) is 19.9 Å². The van der Waals surface area contributed by atoms with Crippen LogP contribution in [0.2, 0.25) is 0 Å². The van der Waals surface area contributed by atoms with Crippen molar-refractivity contribution in [3.63, 3.8) is 0 Å². The van der Waals surface area contributed by atoms with Crippen LogP contribution < -0.4 is 5.32 Å². The van der Waals surface area contributed by atoms with Crippen molar-refractivity contribution in [1.29, 1.82) is 0 Å². The number of aryl methyl sites for hydroxylation is 1. The Bertz CT molecular complexity index is 559. The number of rotatable bonds is 8. The minimum Gasteiger partial charge on any atom is -0.350 e. The molecule has 0 fully saturated rings. The molecular weight excluding hydrogens is 262 g/mol. The highest BCUT2D eigenvalue weighted by molar-refractivity contribution is 5.44. The standard InChI is InChI=1S/C16H27N5/c1-5-20(6-2)12-8-9-13(3)17-16-18-15-11-7-10-14(4)21(15)19-16/h7,10-11,13H,5-6,8-9,12H2,1-4H3,(H,17,19). The van der Waals surface area contributed by atoms with E-state index in [9.17, 15) is 0 Å². The zero-order valence-corrected chi connectivity index (χ0v) is 13.6. The molecule has 5 heteroatoms. The van der Waals surface area contributed by atoms with Gasteiger partial charge in [-0.25, -0.2) is 4.52 Å². The Kier molecular flexibility index (Phi) is 5.56. The second kappa shape index (κ2) is 7.41. The van der Waals surface area contributed by atoms with Crippen LogP contribution in [0.4, 0.5) is 5.95 Å². The Hall–Kier alpha value is -1.62. The zero-order chi connectivity index (χ0) is 15.2. The Morgan fingerprint density at radius 1 is 1.29 bits per heavy atom. The molecular formula is C16H27N5. The minimum absolute atomic E-state index is 0.387. The lowest BCUT2D eigenvalue weighted by atomic mass is 10.2. The molecule has 1 N–H and O–H groups in total. The molecule has 2 heterocycles. The third-order valence-corrected chi connectivity index (χ3v) is 3.93. The Balaban J connectivity index is 1.86. The number of aromatic nitrogens is 3. The minimum atomic E-state index is 0.387. The summed E-state index contributed by atoms with van der Waals surface area (Å²) in [6.07, 6.45) is 2.33. The van der Waals surface area contributed by atoms with Crippen LogP contribution in [-0.2, 0) is 0 Å². The zero-order valence-electron chi connectivity index (χ0n) is 13.6. The van der Waals surface area contributed by atoms with Crippen LogP contribution in [0.3, 0.4) is 0 Å². The quantitative estimate of drug-likeness (QED) is 0.811. The van der Waals surface area contributed by atoms with E-state index in [1.165, 1.54) is 6.42 Å². The van der Waals surface area contributed by atoms with Crippen LogP contribution >= 0.6 is 0 Å². The Morgan fingerprint density at radius 3 is 2.71 bits per heavy atom. The van der Waals surface area contributed by atoms with Gasteiger partial charge in [0.15, 0.2) is 5.65 Å². The summed E-state index contributed by atoms with van der Waals surface area (Å²) >= 11 is 0. The average molecular weight is 289 g/mol. The van der Waals surface area contributed by atoms with Gasteiger partial charge in [0.1, 0.15) is 0 Å². The summed E-state index contributed by atoms with van der Waals surface area (Å²) in [7, 11) is 0. The number of hydrogen-bond donors (Lipinski definition) is 1. The molecule has 0 bridgehead atoms. The van der Waals surface area contributed by atoms with Gasteiger partial charge in [-0.3, -0.25) is 0 Å². The maximum atomic E-state index is 4.52. The summed E-state index contributed by atoms with van der Waals surface area (Å²) in [5.74, 6) is 0.722. The van der Waals surface area contributed by atoms with Gasteiger partial charge in [-0.2, -0.15) is 4.98 Å². The Morgan fingerprint density at radius 2 is 2.05 bits per heavy atom. The normalized spacial score (nSPS) is 13.0. The number of hydrogen-bond acceptors (Lipinski definition) is 4. The van der Waals surface area contributed by atoms with Gasteiger partial charge in [0.25, 0.3) is 0 Å². The third-order valence-electron chi connectivity index (χ3n) is 3.93. The molecule has 0 amide bonds. The number of fused-ring (bicyclic) bond motifs is 1. The Labute approximate surface area is 127 Å². The van der Waals surface area contributed by atoms with E-state index in [1.807, 2.05) is 29.6 Å². The molecule has 0 aliphatic rings. The highest BCUT2D eigenvalue weighted by Crippen LogP contribution is 2.10. The van der Waals surface area contributed by atoms with E-state index in [4.69, 9.17) is 0 Å². The van der Waals surface area contributed by atoms with E-state index < -0.39 is 0 Å². The summed E-state index contributed by atoms with van der Waals surface area (Å²) < 4.78 is 1.88. The second-order valence-electron chi connectivity index (χ2n) is 5.59. The number of pyridine rings is 1. The number of anilines is 1. The smallest absolute Gasteiger partial charge is 0.243 e. The second-order valence-corrected chi connectivity index (χ2v) is 5.59. The van der Waals surface area contributed by atoms with Crippen molar-refractivity contribution >= 4 is 11.6 Å². The van der Waals surface area contributed by atoms with Gasteiger partial charge in [0.2, 0.25) is 5.95 Å². The molecule has 0 spiro atoms.